The van der Waals surface area contributed by atoms with Gasteiger partial charge in [-0.15, -0.1) is 0 Å². The third-order valence-electron chi connectivity index (χ3n) is 4.40. The molecule has 1 aliphatic rings. The van der Waals surface area contributed by atoms with Crippen molar-refractivity contribution in [3.05, 3.63) is 29.8 Å². The second-order valence-electron chi connectivity index (χ2n) is 6.62. The minimum Gasteiger partial charge on any atom is -0.396 e. The van der Waals surface area contributed by atoms with E-state index in [0.717, 1.165) is 12.1 Å². The molecule has 6 heteroatoms. The lowest BCUT2D eigenvalue weighted by atomic mass is 9.79. The van der Waals surface area contributed by atoms with Crippen LogP contribution >= 0.6 is 0 Å². The zero-order valence-corrected chi connectivity index (χ0v) is 14.4. The van der Waals surface area contributed by atoms with E-state index in [2.05, 4.69) is 4.90 Å². The molecule has 1 aromatic carbocycles. The fourth-order valence-corrected chi connectivity index (χ4v) is 4.71. The van der Waals surface area contributed by atoms with E-state index >= 15 is 0 Å². The Morgan fingerprint density at radius 1 is 1.27 bits per heavy atom. The van der Waals surface area contributed by atoms with Gasteiger partial charge in [0.2, 0.25) is 10.0 Å². The summed E-state index contributed by atoms with van der Waals surface area (Å²) in [6.45, 7) is 3.70. The third-order valence-corrected chi connectivity index (χ3v) is 6.29. The van der Waals surface area contributed by atoms with Crippen LogP contribution in [0, 0.1) is 12.3 Å². The molecule has 0 bridgehead atoms. The second kappa shape index (κ2) is 6.66. The van der Waals surface area contributed by atoms with E-state index in [4.69, 9.17) is 0 Å². The molecule has 0 amide bonds. The molecule has 1 saturated heterocycles. The van der Waals surface area contributed by atoms with E-state index in [1.165, 1.54) is 0 Å². The highest BCUT2D eigenvalue weighted by Crippen LogP contribution is 2.33. The van der Waals surface area contributed by atoms with Crippen LogP contribution in [0.5, 0.6) is 0 Å². The van der Waals surface area contributed by atoms with Gasteiger partial charge in [0.05, 0.1) is 11.5 Å². The molecule has 1 aliphatic heterocycles. The molecular weight excluding hydrogens is 300 g/mol. The van der Waals surface area contributed by atoms with E-state index in [9.17, 15) is 13.5 Å². The predicted octanol–water partition coefficient (Wildman–Crippen LogP) is 1.32. The van der Waals surface area contributed by atoms with Gasteiger partial charge in [0.1, 0.15) is 0 Å². The number of benzene rings is 1. The summed E-state index contributed by atoms with van der Waals surface area (Å²) in [6, 6.07) is 7.03. The van der Waals surface area contributed by atoms with Crippen LogP contribution in [0.25, 0.3) is 0 Å². The van der Waals surface area contributed by atoms with Crippen molar-refractivity contribution in [3.8, 4) is 0 Å². The van der Waals surface area contributed by atoms with Crippen LogP contribution in [0.15, 0.2) is 29.2 Å². The standard InChI is InChI=1S/C16H26N2O3S/c1-14-5-4-6-15(11-14)22(20,21)18-9-7-16(13-19,8-10-18)12-17(2)3/h4-6,11,19H,7-10,12-13H2,1-3H3. The Morgan fingerprint density at radius 3 is 2.41 bits per heavy atom. The van der Waals surface area contributed by atoms with Crippen molar-refractivity contribution in [3.63, 3.8) is 0 Å². The van der Waals surface area contributed by atoms with Crippen molar-refractivity contribution in [1.29, 1.82) is 0 Å². The first-order valence-corrected chi connectivity index (χ1v) is 9.06. The molecule has 1 aromatic rings. The lowest BCUT2D eigenvalue weighted by Gasteiger charge is -2.41. The van der Waals surface area contributed by atoms with Crippen LogP contribution in [-0.2, 0) is 10.0 Å². The van der Waals surface area contributed by atoms with Gasteiger partial charge in [0.15, 0.2) is 0 Å². The highest BCUT2D eigenvalue weighted by Gasteiger charge is 2.38. The maximum atomic E-state index is 12.7. The zero-order chi connectivity index (χ0) is 16.4. The normalized spacial score (nSPS) is 19.5. The Kier molecular flexibility index (Phi) is 5.27. The minimum absolute atomic E-state index is 0.101. The molecule has 5 nitrogen and oxygen atoms in total. The van der Waals surface area contributed by atoms with E-state index < -0.39 is 10.0 Å². The van der Waals surface area contributed by atoms with Gasteiger partial charge in [0.25, 0.3) is 0 Å². The number of sulfonamides is 1. The first kappa shape index (κ1) is 17.4. The zero-order valence-electron chi connectivity index (χ0n) is 13.6. The van der Waals surface area contributed by atoms with Gasteiger partial charge in [-0.25, -0.2) is 8.42 Å². The molecule has 124 valence electrons. The van der Waals surface area contributed by atoms with Gasteiger partial charge in [0, 0.05) is 25.0 Å². The molecule has 2 rings (SSSR count). The molecular formula is C16H26N2O3S. The van der Waals surface area contributed by atoms with Gasteiger partial charge < -0.3 is 10.0 Å². The summed E-state index contributed by atoms with van der Waals surface area (Å²) >= 11 is 0. The summed E-state index contributed by atoms with van der Waals surface area (Å²) < 4.78 is 27.0. The molecule has 0 aliphatic carbocycles. The van der Waals surface area contributed by atoms with Crippen molar-refractivity contribution in [2.45, 2.75) is 24.7 Å². The van der Waals surface area contributed by atoms with Crippen LogP contribution < -0.4 is 0 Å². The lowest BCUT2D eigenvalue weighted by Crippen LogP contribution is -2.48. The number of hydrogen-bond donors (Lipinski definition) is 1. The molecule has 0 spiro atoms. The van der Waals surface area contributed by atoms with E-state index in [1.54, 1.807) is 22.5 Å². The summed E-state index contributed by atoms with van der Waals surface area (Å²) in [4.78, 5) is 2.41. The summed E-state index contributed by atoms with van der Waals surface area (Å²) in [5.74, 6) is 0. The number of aliphatic hydroxyl groups is 1. The van der Waals surface area contributed by atoms with Crippen LogP contribution in [0.2, 0.25) is 0 Å². The summed E-state index contributed by atoms with van der Waals surface area (Å²) in [5.41, 5.74) is 0.748. The highest BCUT2D eigenvalue weighted by atomic mass is 32.2. The van der Waals surface area contributed by atoms with Crippen molar-refractivity contribution >= 4 is 10.0 Å². The summed E-state index contributed by atoms with van der Waals surface area (Å²) in [5, 5.41) is 9.74. The minimum atomic E-state index is -3.43. The number of aliphatic hydroxyl groups excluding tert-OH is 1. The van der Waals surface area contributed by atoms with Crippen LogP contribution in [0.4, 0.5) is 0 Å². The van der Waals surface area contributed by atoms with Crippen LogP contribution in [0.1, 0.15) is 18.4 Å². The summed E-state index contributed by atoms with van der Waals surface area (Å²) in [6.07, 6.45) is 1.37. The molecule has 0 atom stereocenters. The van der Waals surface area contributed by atoms with Crippen molar-refractivity contribution in [2.75, 3.05) is 40.3 Å². The fourth-order valence-electron chi connectivity index (χ4n) is 3.16. The molecule has 0 aromatic heterocycles. The van der Waals surface area contributed by atoms with E-state index in [1.807, 2.05) is 27.1 Å². The van der Waals surface area contributed by atoms with Crippen molar-refractivity contribution < 1.29 is 13.5 Å². The largest absolute Gasteiger partial charge is 0.396 e. The van der Waals surface area contributed by atoms with Gasteiger partial charge >= 0.3 is 0 Å². The number of nitrogens with zero attached hydrogens (tertiary/aromatic N) is 2. The van der Waals surface area contributed by atoms with E-state index in [-0.39, 0.29) is 12.0 Å². The van der Waals surface area contributed by atoms with E-state index in [0.29, 0.717) is 30.8 Å². The molecule has 0 unspecified atom stereocenters. The third kappa shape index (κ3) is 3.68. The van der Waals surface area contributed by atoms with Crippen molar-refractivity contribution in [2.24, 2.45) is 5.41 Å². The Balaban J connectivity index is 2.13. The number of hydrogen-bond acceptors (Lipinski definition) is 4. The SMILES string of the molecule is Cc1cccc(S(=O)(=O)N2CCC(CO)(CN(C)C)CC2)c1. The molecule has 0 saturated carbocycles. The highest BCUT2D eigenvalue weighted by molar-refractivity contribution is 7.89. The number of rotatable bonds is 5. The van der Waals surface area contributed by atoms with Crippen LogP contribution in [0.3, 0.4) is 0 Å². The average Bonchev–Trinajstić information content (AvgIpc) is 2.47. The van der Waals surface area contributed by atoms with Gasteiger partial charge in [-0.1, -0.05) is 12.1 Å². The predicted molar refractivity (Wildman–Crippen MR) is 87.2 cm³/mol. The maximum Gasteiger partial charge on any atom is 0.243 e. The fraction of sp³-hybridized carbons (Fsp3) is 0.625. The molecule has 1 fully saturated rings. The number of aryl methyl sites for hydroxylation is 1. The number of piperidine rings is 1. The smallest absolute Gasteiger partial charge is 0.243 e. The van der Waals surface area contributed by atoms with Crippen molar-refractivity contribution in [1.82, 2.24) is 9.21 Å². The molecule has 1 heterocycles. The first-order valence-electron chi connectivity index (χ1n) is 7.61. The van der Waals surface area contributed by atoms with Gasteiger partial charge in [-0.05, 0) is 51.6 Å². The molecule has 22 heavy (non-hydrogen) atoms. The quantitative estimate of drug-likeness (QED) is 0.886. The summed E-state index contributed by atoms with van der Waals surface area (Å²) in [7, 11) is 0.526. The second-order valence-corrected chi connectivity index (χ2v) is 8.55. The lowest BCUT2D eigenvalue weighted by molar-refractivity contribution is 0.0442. The van der Waals surface area contributed by atoms with Crippen LogP contribution in [-0.4, -0.2) is 63.1 Å². The monoisotopic (exact) mass is 326 g/mol. The first-order chi connectivity index (χ1) is 10.3. The maximum absolute atomic E-state index is 12.7. The molecule has 1 N–H and O–H groups in total. The average molecular weight is 326 g/mol. The Hall–Kier alpha value is -0.950. The Morgan fingerprint density at radius 2 is 1.91 bits per heavy atom. The van der Waals surface area contributed by atoms with Gasteiger partial charge in [-0.2, -0.15) is 4.31 Å². The molecule has 0 radical (unpaired) electrons. The Labute approximate surface area is 133 Å². The van der Waals surface area contributed by atoms with Gasteiger partial charge in [-0.3, -0.25) is 0 Å². The Bertz CT molecular complexity index is 606. The topological polar surface area (TPSA) is 60.9 Å².